The number of benzene rings is 1. The summed E-state index contributed by atoms with van der Waals surface area (Å²) in [6, 6.07) is 6.00. The van der Waals surface area contributed by atoms with Gasteiger partial charge in [-0.25, -0.2) is 0 Å². The second-order valence-electron chi connectivity index (χ2n) is 6.76. The van der Waals surface area contributed by atoms with Crippen molar-refractivity contribution in [2.75, 3.05) is 0 Å². The lowest BCUT2D eigenvalue weighted by Gasteiger charge is -2.10. The van der Waals surface area contributed by atoms with Crippen molar-refractivity contribution in [2.24, 2.45) is 4.99 Å². The van der Waals surface area contributed by atoms with Gasteiger partial charge in [0.05, 0.1) is 28.5 Å². The first kappa shape index (κ1) is 19.7. The molecule has 0 bridgehead atoms. The fourth-order valence-electron chi connectivity index (χ4n) is 3.14. The van der Waals surface area contributed by atoms with Crippen LogP contribution >= 0.6 is 23.2 Å². The molecule has 29 heavy (non-hydrogen) atoms. The molecule has 4 rings (SSSR count). The Morgan fingerprint density at radius 1 is 1.14 bits per heavy atom. The van der Waals surface area contributed by atoms with Crippen LogP contribution in [0.25, 0.3) is 6.08 Å². The Hall–Kier alpha value is -2.63. The molecular formula is C22H20Cl2N4O. The number of hydrogen-bond acceptors (Lipinski definition) is 4. The van der Waals surface area contributed by atoms with E-state index in [0.29, 0.717) is 16.6 Å². The first-order chi connectivity index (χ1) is 14.1. The van der Waals surface area contributed by atoms with Gasteiger partial charge in [-0.15, -0.1) is 0 Å². The van der Waals surface area contributed by atoms with Crippen LogP contribution in [0.4, 0.5) is 0 Å². The third-order valence-electron chi connectivity index (χ3n) is 4.65. The quantitative estimate of drug-likeness (QED) is 0.494. The number of aliphatic imine (C=N–C) groups is 1. The zero-order valence-electron chi connectivity index (χ0n) is 16.0. The number of rotatable bonds is 7. The fraction of sp³-hybridized carbons (Fsp3) is 0.227. The van der Waals surface area contributed by atoms with Crippen LogP contribution in [-0.4, -0.2) is 20.5 Å². The number of fused-ring (bicyclic) bond motifs is 1. The second-order valence-corrected chi connectivity index (χ2v) is 7.58. The number of allylic oxidation sites excluding steroid dienone is 1. The molecule has 0 N–H and O–H groups in total. The van der Waals surface area contributed by atoms with Crippen molar-refractivity contribution >= 4 is 35.0 Å². The minimum atomic E-state index is 0.276. The van der Waals surface area contributed by atoms with Crippen molar-refractivity contribution in [3.63, 3.8) is 0 Å². The number of hydrogen-bond donors (Lipinski definition) is 0. The molecule has 0 amide bonds. The molecule has 1 aliphatic heterocycles. The largest absolute Gasteiger partial charge is 0.489 e. The van der Waals surface area contributed by atoms with E-state index in [1.165, 1.54) is 5.56 Å². The highest BCUT2D eigenvalue weighted by Crippen LogP contribution is 2.28. The molecule has 0 aliphatic carbocycles. The summed E-state index contributed by atoms with van der Waals surface area (Å²) in [7, 11) is 0. The van der Waals surface area contributed by atoms with E-state index in [9.17, 15) is 0 Å². The summed E-state index contributed by atoms with van der Waals surface area (Å²) in [5.74, 6) is 0.742. The van der Waals surface area contributed by atoms with Gasteiger partial charge in [0.25, 0.3) is 0 Å². The Balaban J connectivity index is 1.48. The van der Waals surface area contributed by atoms with Gasteiger partial charge in [0, 0.05) is 41.8 Å². The molecule has 0 atom stereocenters. The monoisotopic (exact) mass is 426 g/mol. The summed E-state index contributed by atoms with van der Waals surface area (Å²) < 4.78 is 7.88. The molecule has 0 spiro atoms. The van der Waals surface area contributed by atoms with E-state index >= 15 is 0 Å². The Bertz CT molecular complexity index is 1070. The third-order valence-corrected chi connectivity index (χ3v) is 5.30. The fourth-order valence-corrected chi connectivity index (χ4v) is 3.62. The van der Waals surface area contributed by atoms with Gasteiger partial charge < -0.3 is 4.74 Å². The molecule has 0 unspecified atom stereocenters. The van der Waals surface area contributed by atoms with Gasteiger partial charge in [-0.3, -0.25) is 14.7 Å². The maximum Gasteiger partial charge on any atom is 0.120 e. The molecule has 0 radical (unpaired) electrons. The van der Waals surface area contributed by atoms with Crippen LogP contribution in [0, 0.1) is 0 Å². The van der Waals surface area contributed by atoms with Crippen molar-refractivity contribution in [1.29, 1.82) is 0 Å². The lowest BCUT2D eigenvalue weighted by Crippen LogP contribution is -2.00. The summed E-state index contributed by atoms with van der Waals surface area (Å²) in [5, 5.41) is 5.34. The molecule has 5 nitrogen and oxygen atoms in total. The van der Waals surface area contributed by atoms with E-state index in [1.54, 1.807) is 12.4 Å². The first-order valence-corrected chi connectivity index (χ1v) is 10.2. The molecule has 0 saturated carbocycles. The maximum atomic E-state index is 6.17. The van der Waals surface area contributed by atoms with E-state index in [4.69, 9.17) is 27.9 Å². The number of nitrogens with zero attached hydrogens (tertiary/aromatic N) is 4. The van der Waals surface area contributed by atoms with Crippen molar-refractivity contribution in [3.8, 4) is 5.75 Å². The average molecular weight is 427 g/mol. The van der Waals surface area contributed by atoms with E-state index in [-0.39, 0.29) is 6.61 Å². The minimum absolute atomic E-state index is 0.276. The number of aromatic nitrogens is 3. The molecule has 2 aromatic heterocycles. The highest BCUT2D eigenvalue weighted by Gasteiger charge is 2.15. The normalized spacial score (nSPS) is 13.0. The van der Waals surface area contributed by atoms with Crippen LogP contribution < -0.4 is 4.74 Å². The molecule has 3 heterocycles. The van der Waals surface area contributed by atoms with Crippen LogP contribution in [-0.2, 0) is 19.7 Å². The highest BCUT2D eigenvalue weighted by atomic mass is 35.5. The molecule has 3 aromatic rings. The molecule has 0 fully saturated rings. The number of aryl methyl sites for hydroxylation is 1. The minimum Gasteiger partial charge on any atom is -0.489 e. The SMILES string of the molecule is CCCn1cc(/C=C/C2=NCc3ccc(OCc4c(Cl)cncc4Cl)cc32)cn1. The topological polar surface area (TPSA) is 52.3 Å². The number of halogens is 2. The van der Waals surface area contributed by atoms with Crippen LogP contribution in [0.2, 0.25) is 10.0 Å². The summed E-state index contributed by atoms with van der Waals surface area (Å²) in [4.78, 5) is 8.61. The van der Waals surface area contributed by atoms with Crippen LogP contribution in [0.5, 0.6) is 5.75 Å². The van der Waals surface area contributed by atoms with Gasteiger partial charge in [0.2, 0.25) is 0 Å². The number of ether oxygens (including phenoxy) is 1. The Morgan fingerprint density at radius 3 is 2.76 bits per heavy atom. The van der Waals surface area contributed by atoms with Crippen LogP contribution in [0.15, 0.2) is 54.1 Å². The molecule has 7 heteroatoms. The predicted octanol–water partition coefficient (Wildman–Crippen LogP) is 5.59. The molecule has 0 saturated heterocycles. The first-order valence-electron chi connectivity index (χ1n) is 9.43. The lowest BCUT2D eigenvalue weighted by atomic mass is 10.0. The lowest BCUT2D eigenvalue weighted by molar-refractivity contribution is 0.306. The van der Waals surface area contributed by atoms with Crippen molar-refractivity contribution in [3.05, 3.63) is 81.4 Å². The van der Waals surface area contributed by atoms with Crippen LogP contribution in [0.3, 0.4) is 0 Å². The maximum absolute atomic E-state index is 6.17. The summed E-state index contributed by atoms with van der Waals surface area (Å²) in [6.45, 7) is 4.01. The van der Waals surface area contributed by atoms with Gasteiger partial charge in [-0.1, -0.05) is 36.2 Å². The van der Waals surface area contributed by atoms with Gasteiger partial charge in [0.15, 0.2) is 0 Å². The second kappa shape index (κ2) is 8.80. The van der Waals surface area contributed by atoms with E-state index in [1.807, 2.05) is 47.4 Å². The number of pyridine rings is 1. The molecule has 1 aliphatic rings. The zero-order chi connectivity index (χ0) is 20.2. The predicted molar refractivity (Wildman–Crippen MR) is 117 cm³/mol. The van der Waals surface area contributed by atoms with Gasteiger partial charge in [0.1, 0.15) is 12.4 Å². The molecule has 148 valence electrons. The summed E-state index contributed by atoms with van der Waals surface area (Å²) >= 11 is 12.3. The molecule has 1 aromatic carbocycles. The Labute approximate surface area is 179 Å². The van der Waals surface area contributed by atoms with Gasteiger partial charge >= 0.3 is 0 Å². The van der Waals surface area contributed by atoms with E-state index in [0.717, 1.165) is 41.1 Å². The van der Waals surface area contributed by atoms with Gasteiger partial charge in [-0.2, -0.15) is 5.10 Å². The third kappa shape index (κ3) is 4.52. The summed E-state index contributed by atoms with van der Waals surface area (Å²) in [5.41, 5.74) is 4.98. The highest BCUT2D eigenvalue weighted by molar-refractivity contribution is 6.35. The smallest absolute Gasteiger partial charge is 0.120 e. The Kier molecular flexibility index (Phi) is 5.97. The van der Waals surface area contributed by atoms with Crippen molar-refractivity contribution in [2.45, 2.75) is 33.0 Å². The average Bonchev–Trinajstić information content (AvgIpc) is 3.33. The van der Waals surface area contributed by atoms with Gasteiger partial charge in [-0.05, 0) is 36.3 Å². The van der Waals surface area contributed by atoms with Crippen molar-refractivity contribution in [1.82, 2.24) is 14.8 Å². The zero-order valence-corrected chi connectivity index (χ0v) is 17.5. The van der Waals surface area contributed by atoms with E-state index in [2.05, 4.69) is 22.0 Å². The Morgan fingerprint density at radius 2 is 1.97 bits per heavy atom. The van der Waals surface area contributed by atoms with E-state index < -0.39 is 0 Å². The molecular weight excluding hydrogens is 407 g/mol. The standard InChI is InChI=1S/C22H20Cl2N4O/c1-2-7-28-13-15(9-27-28)3-6-22-18-8-17(5-4-16(18)10-26-22)29-14-19-20(23)11-25-12-21(19)24/h3-6,8-9,11-13H,2,7,10,14H2,1H3/b6-3+. The van der Waals surface area contributed by atoms with Crippen molar-refractivity contribution < 1.29 is 4.74 Å². The summed E-state index contributed by atoms with van der Waals surface area (Å²) in [6.07, 6.45) is 12.2. The van der Waals surface area contributed by atoms with Crippen LogP contribution in [0.1, 0.15) is 35.6 Å².